The second kappa shape index (κ2) is 5.59. The number of likely N-dealkylation sites (N-methyl/N-ethyl adjacent to an activating group) is 1. The smallest absolute Gasteiger partial charge is 0.246 e. The summed E-state index contributed by atoms with van der Waals surface area (Å²) >= 11 is 0. The molecule has 0 aromatic rings. The minimum absolute atomic E-state index is 0.108. The van der Waals surface area contributed by atoms with E-state index in [-0.39, 0.29) is 29.8 Å². The maximum Gasteiger partial charge on any atom is 0.246 e. The molecule has 0 unspecified atom stereocenters. The van der Waals surface area contributed by atoms with Crippen molar-refractivity contribution in [2.45, 2.75) is 57.2 Å². The van der Waals surface area contributed by atoms with Gasteiger partial charge in [0.1, 0.15) is 12.1 Å². The second-order valence-corrected chi connectivity index (χ2v) is 5.29. The van der Waals surface area contributed by atoms with Crippen LogP contribution in [0.5, 0.6) is 0 Å². The molecule has 0 bridgehead atoms. The van der Waals surface area contributed by atoms with Crippen molar-refractivity contribution >= 4 is 17.7 Å². The van der Waals surface area contributed by atoms with Crippen molar-refractivity contribution in [1.82, 2.24) is 15.5 Å². The summed E-state index contributed by atoms with van der Waals surface area (Å²) in [6.45, 7) is 1.41. The number of carbonyl (C=O) groups excluding carboxylic acids is 3. The molecule has 2 heterocycles. The van der Waals surface area contributed by atoms with Gasteiger partial charge in [-0.05, 0) is 32.1 Å². The Labute approximate surface area is 112 Å². The van der Waals surface area contributed by atoms with Crippen LogP contribution in [0.15, 0.2) is 0 Å². The lowest BCUT2D eigenvalue weighted by Crippen LogP contribution is -2.53. The maximum atomic E-state index is 12.5. The van der Waals surface area contributed by atoms with E-state index in [2.05, 4.69) is 10.6 Å². The van der Waals surface area contributed by atoms with Gasteiger partial charge in [-0.3, -0.25) is 14.4 Å². The van der Waals surface area contributed by atoms with Crippen molar-refractivity contribution in [2.75, 3.05) is 7.05 Å². The molecule has 0 spiro atoms. The molecule has 19 heavy (non-hydrogen) atoms. The summed E-state index contributed by atoms with van der Waals surface area (Å²) in [5, 5.41) is 5.32. The van der Waals surface area contributed by atoms with Gasteiger partial charge in [0, 0.05) is 20.0 Å². The van der Waals surface area contributed by atoms with Crippen molar-refractivity contribution in [3.05, 3.63) is 0 Å². The third-order valence-electron chi connectivity index (χ3n) is 4.01. The van der Waals surface area contributed by atoms with Crippen LogP contribution in [0.25, 0.3) is 0 Å². The lowest BCUT2D eigenvalue weighted by molar-refractivity contribution is -0.142. The molecule has 2 aliphatic heterocycles. The summed E-state index contributed by atoms with van der Waals surface area (Å²) in [5.41, 5.74) is 0. The van der Waals surface area contributed by atoms with Crippen molar-refractivity contribution in [2.24, 2.45) is 0 Å². The first-order chi connectivity index (χ1) is 9.04. The highest BCUT2D eigenvalue weighted by molar-refractivity contribution is 5.92. The van der Waals surface area contributed by atoms with Gasteiger partial charge in [-0.25, -0.2) is 0 Å². The van der Waals surface area contributed by atoms with Gasteiger partial charge < -0.3 is 15.5 Å². The van der Waals surface area contributed by atoms with Crippen LogP contribution in [0.4, 0.5) is 0 Å². The Balaban J connectivity index is 2.18. The van der Waals surface area contributed by atoms with Gasteiger partial charge >= 0.3 is 0 Å². The van der Waals surface area contributed by atoms with Crippen LogP contribution < -0.4 is 10.6 Å². The monoisotopic (exact) mass is 267 g/mol. The first-order valence-electron chi connectivity index (χ1n) is 6.85. The fraction of sp³-hybridized carbons (Fsp3) is 0.769. The first kappa shape index (κ1) is 13.8. The van der Waals surface area contributed by atoms with Gasteiger partial charge in [0.2, 0.25) is 17.7 Å². The van der Waals surface area contributed by atoms with E-state index >= 15 is 0 Å². The molecule has 6 nitrogen and oxygen atoms in total. The van der Waals surface area contributed by atoms with Crippen LogP contribution in [0.2, 0.25) is 0 Å². The number of nitrogens with zero attached hydrogens (tertiary/aromatic N) is 1. The normalized spacial score (nSPS) is 30.5. The van der Waals surface area contributed by atoms with Crippen LogP contribution in [0, 0.1) is 0 Å². The number of rotatable bonds is 2. The van der Waals surface area contributed by atoms with Crippen LogP contribution in [-0.2, 0) is 14.4 Å². The summed E-state index contributed by atoms with van der Waals surface area (Å²) in [4.78, 5) is 37.3. The number of amides is 3. The highest BCUT2D eigenvalue weighted by Gasteiger charge is 2.44. The van der Waals surface area contributed by atoms with Crippen molar-refractivity contribution < 1.29 is 14.4 Å². The number of fused-ring (bicyclic) bond motifs is 1. The molecule has 6 heteroatoms. The zero-order valence-corrected chi connectivity index (χ0v) is 11.4. The van der Waals surface area contributed by atoms with E-state index in [0.717, 1.165) is 19.3 Å². The number of hydrogen-bond acceptors (Lipinski definition) is 3. The lowest BCUT2D eigenvalue weighted by Gasteiger charge is -2.30. The molecule has 0 saturated carbocycles. The first-order valence-corrected chi connectivity index (χ1v) is 6.85. The zero-order chi connectivity index (χ0) is 14.0. The highest BCUT2D eigenvalue weighted by atomic mass is 16.2. The van der Waals surface area contributed by atoms with Crippen LogP contribution in [-0.4, -0.2) is 47.8 Å². The van der Waals surface area contributed by atoms with Gasteiger partial charge in [0.15, 0.2) is 0 Å². The molecule has 0 aromatic carbocycles. The van der Waals surface area contributed by atoms with Crippen molar-refractivity contribution in [3.8, 4) is 0 Å². The average Bonchev–Trinajstić information content (AvgIpc) is 2.73. The third-order valence-corrected chi connectivity index (χ3v) is 4.01. The van der Waals surface area contributed by atoms with Gasteiger partial charge in [-0.15, -0.1) is 0 Å². The summed E-state index contributed by atoms with van der Waals surface area (Å²) in [7, 11) is 1.59. The molecule has 0 aromatic heterocycles. The van der Waals surface area contributed by atoms with Gasteiger partial charge in [0.25, 0.3) is 0 Å². The molecule has 3 atom stereocenters. The summed E-state index contributed by atoms with van der Waals surface area (Å²) in [6.07, 6.45) is 4.05. The molecular weight excluding hydrogens is 246 g/mol. The fourth-order valence-electron chi connectivity index (χ4n) is 3.16. The molecule has 106 valence electrons. The SMILES string of the molecule is CNC(=O)[C@@H]1CC[C@H]2CCC[C@@H](NC(C)=O)C(=O)N21. The van der Waals surface area contributed by atoms with Crippen LogP contribution >= 0.6 is 0 Å². The lowest BCUT2D eigenvalue weighted by atomic mass is 10.1. The zero-order valence-electron chi connectivity index (χ0n) is 11.4. The van der Waals surface area contributed by atoms with E-state index in [9.17, 15) is 14.4 Å². The largest absolute Gasteiger partial charge is 0.357 e. The van der Waals surface area contributed by atoms with E-state index in [4.69, 9.17) is 0 Å². The Morgan fingerprint density at radius 1 is 1.21 bits per heavy atom. The molecular formula is C13H21N3O3. The fourth-order valence-corrected chi connectivity index (χ4v) is 3.16. The number of nitrogens with one attached hydrogen (secondary N) is 2. The predicted octanol–water partition coefficient (Wildman–Crippen LogP) is -0.219. The molecule has 0 aliphatic carbocycles. The van der Waals surface area contributed by atoms with E-state index in [1.807, 2.05) is 0 Å². The Bertz CT molecular complexity index is 397. The Morgan fingerprint density at radius 2 is 1.95 bits per heavy atom. The van der Waals surface area contributed by atoms with E-state index in [0.29, 0.717) is 12.8 Å². The quantitative estimate of drug-likeness (QED) is 0.726. The summed E-state index contributed by atoms with van der Waals surface area (Å²) in [6, 6.07) is -0.710. The van der Waals surface area contributed by atoms with Crippen LogP contribution in [0.1, 0.15) is 39.0 Å². The molecule has 2 fully saturated rings. The minimum Gasteiger partial charge on any atom is -0.357 e. The average molecular weight is 267 g/mol. The molecule has 2 rings (SSSR count). The minimum atomic E-state index is -0.479. The Morgan fingerprint density at radius 3 is 2.58 bits per heavy atom. The topological polar surface area (TPSA) is 78.5 Å². The van der Waals surface area contributed by atoms with Crippen molar-refractivity contribution in [1.29, 1.82) is 0 Å². The molecule has 0 radical (unpaired) electrons. The predicted molar refractivity (Wildman–Crippen MR) is 69.2 cm³/mol. The van der Waals surface area contributed by atoms with Crippen LogP contribution in [0.3, 0.4) is 0 Å². The van der Waals surface area contributed by atoms with Gasteiger partial charge in [-0.2, -0.15) is 0 Å². The highest BCUT2D eigenvalue weighted by Crippen LogP contribution is 2.31. The van der Waals surface area contributed by atoms with Gasteiger partial charge in [-0.1, -0.05) is 0 Å². The Hall–Kier alpha value is -1.59. The number of carbonyl (C=O) groups is 3. The summed E-state index contributed by atoms with van der Waals surface area (Å²) < 4.78 is 0. The maximum absolute atomic E-state index is 12.5. The standard InChI is InChI=1S/C13H21N3O3/c1-8(17)15-10-5-3-4-9-6-7-11(12(18)14-2)16(9)13(10)19/h9-11H,3-7H2,1-2H3,(H,14,18)(H,15,17)/t9-,10-,11+/m1/s1. The molecule has 2 saturated heterocycles. The number of hydrogen-bond donors (Lipinski definition) is 2. The summed E-state index contributed by atoms with van der Waals surface area (Å²) in [5.74, 6) is -0.421. The second-order valence-electron chi connectivity index (χ2n) is 5.29. The van der Waals surface area contributed by atoms with Gasteiger partial charge in [0.05, 0.1) is 0 Å². The van der Waals surface area contributed by atoms with E-state index in [1.54, 1.807) is 11.9 Å². The third kappa shape index (κ3) is 2.72. The van der Waals surface area contributed by atoms with E-state index < -0.39 is 6.04 Å². The Kier molecular flexibility index (Phi) is 4.07. The molecule has 2 N–H and O–H groups in total. The molecule has 3 amide bonds. The van der Waals surface area contributed by atoms with Crippen molar-refractivity contribution in [3.63, 3.8) is 0 Å². The van der Waals surface area contributed by atoms with E-state index in [1.165, 1.54) is 6.92 Å². The molecule has 2 aliphatic rings.